The molecule has 0 radical (unpaired) electrons. The van der Waals surface area contributed by atoms with E-state index < -0.39 is 5.54 Å². The van der Waals surface area contributed by atoms with Crippen LogP contribution in [0.2, 0.25) is 0 Å². The van der Waals surface area contributed by atoms with Gasteiger partial charge >= 0.3 is 5.97 Å². The second-order valence-corrected chi connectivity index (χ2v) is 8.66. The van der Waals surface area contributed by atoms with Crippen LogP contribution in [0.3, 0.4) is 0 Å². The fourth-order valence-corrected chi connectivity index (χ4v) is 3.89. The Morgan fingerprint density at radius 1 is 1.13 bits per heavy atom. The summed E-state index contributed by atoms with van der Waals surface area (Å²) in [7, 11) is 0. The van der Waals surface area contributed by atoms with Crippen LogP contribution in [0, 0.1) is 0 Å². The van der Waals surface area contributed by atoms with E-state index in [1.807, 2.05) is 46.8 Å². The first-order valence-electron chi connectivity index (χ1n) is 10.6. The van der Waals surface area contributed by atoms with Crippen LogP contribution in [0.15, 0.2) is 30.6 Å². The lowest BCUT2D eigenvalue weighted by Crippen LogP contribution is -2.29. The van der Waals surface area contributed by atoms with Gasteiger partial charge in [0.1, 0.15) is 6.10 Å². The van der Waals surface area contributed by atoms with Crippen LogP contribution < -0.4 is 10.5 Å². The highest BCUT2D eigenvalue weighted by Gasteiger charge is 2.31. The van der Waals surface area contributed by atoms with Crippen molar-refractivity contribution >= 4 is 16.7 Å². The van der Waals surface area contributed by atoms with Gasteiger partial charge in [0.2, 0.25) is 5.88 Å². The molecule has 0 aliphatic carbocycles. The van der Waals surface area contributed by atoms with E-state index in [9.17, 15) is 4.79 Å². The van der Waals surface area contributed by atoms with Gasteiger partial charge in [0.05, 0.1) is 23.3 Å². The maximum atomic E-state index is 12.2. The van der Waals surface area contributed by atoms with Crippen molar-refractivity contribution in [2.75, 3.05) is 6.61 Å². The Morgan fingerprint density at radius 3 is 2.61 bits per heavy atom. The van der Waals surface area contributed by atoms with Gasteiger partial charge in [-0.25, -0.2) is 9.78 Å². The van der Waals surface area contributed by atoms with Gasteiger partial charge in [0.25, 0.3) is 0 Å². The van der Waals surface area contributed by atoms with Crippen LogP contribution in [0.4, 0.5) is 0 Å². The first-order chi connectivity index (χ1) is 14.7. The first-order valence-corrected chi connectivity index (χ1v) is 10.6. The maximum Gasteiger partial charge on any atom is 0.340 e. The van der Waals surface area contributed by atoms with Crippen molar-refractivity contribution in [2.24, 2.45) is 5.73 Å². The van der Waals surface area contributed by atoms with Gasteiger partial charge in [0, 0.05) is 41.7 Å². The Kier molecular flexibility index (Phi) is 5.39. The number of nitrogens with two attached hydrogens (primary N) is 1. The van der Waals surface area contributed by atoms with Crippen LogP contribution in [-0.4, -0.2) is 33.6 Å². The Labute approximate surface area is 182 Å². The highest BCUT2D eigenvalue weighted by Crippen LogP contribution is 2.33. The van der Waals surface area contributed by atoms with Gasteiger partial charge < -0.3 is 15.2 Å². The van der Waals surface area contributed by atoms with Gasteiger partial charge in [-0.15, -0.1) is 0 Å². The summed E-state index contributed by atoms with van der Waals surface area (Å²) in [6.07, 6.45) is 3.91. The molecule has 162 valence electrons. The third-order valence-electron chi connectivity index (χ3n) is 5.76. The van der Waals surface area contributed by atoms with Crippen molar-refractivity contribution < 1.29 is 14.3 Å². The number of rotatable bonds is 5. The number of hydrogen-bond donors (Lipinski definition) is 1. The van der Waals surface area contributed by atoms with Gasteiger partial charge in [-0.2, -0.15) is 0 Å². The van der Waals surface area contributed by atoms with E-state index in [2.05, 4.69) is 9.97 Å². The summed E-state index contributed by atoms with van der Waals surface area (Å²) in [6, 6.07) is 5.69. The fraction of sp³-hybridized carbons (Fsp3) is 0.417. The summed E-state index contributed by atoms with van der Waals surface area (Å²) in [6.45, 7) is 10.3. The lowest BCUT2D eigenvalue weighted by atomic mass is 9.92. The zero-order valence-corrected chi connectivity index (χ0v) is 18.6. The van der Waals surface area contributed by atoms with E-state index >= 15 is 0 Å². The van der Waals surface area contributed by atoms with Crippen LogP contribution in [0.1, 0.15) is 73.5 Å². The fourth-order valence-electron chi connectivity index (χ4n) is 3.89. The average Bonchev–Trinajstić information content (AvgIpc) is 2.71. The average molecular weight is 421 g/mol. The third-order valence-corrected chi connectivity index (χ3v) is 5.76. The van der Waals surface area contributed by atoms with E-state index in [0.717, 1.165) is 33.4 Å². The Bertz CT molecular complexity index is 1150. The Hall–Kier alpha value is -3.06. The van der Waals surface area contributed by atoms with Gasteiger partial charge in [-0.05, 0) is 56.8 Å². The number of aromatic nitrogens is 3. The van der Waals surface area contributed by atoms with E-state index in [4.69, 9.17) is 20.2 Å². The SMILES string of the molecule is CCOc1ncc(C(C)(C)N)c2cc(Cc3ccc4c(n3)[C@@H](C)[C@@H](C)OC4=O)ncc12. The van der Waals surface area contributed by atoms with E-state index in [-0.39, 0.29) is 18.0 Å². The minimum Gasteiger partial charge on any atom is -0.477 e. The summed E-state index contributed by atoms with van der Waals surface area (Å²) >= 11 is 0. The van der Waals surface area contributed by atoms with Crippen molar-refractivity contribution in [3.8, 4) is 5.88 Å². The van der Waals surface area contributed by atoms with E-state index in [1.165, 1.54) is 0 Å². The molecule has 0 bridgehead atoms. The van der Waals surface area contributed by atoms with Crippen molar-refractivity contribution in [3.05, 3.63) is 58.8 Å². The predicted octanol–water partition coefficient (Wildman–Crippen LogP) is 3.87. The van der Waals surface area contributed by atoms with Crippen molar-refractivity contribution in [2.45, 2.75) is 58.6 Å². The molecule has 0 saturated carbocycles. The molecule has 4 heterocycles. The number of nitrogens with zero attached hydrogens (tertiary/aromatic N) is 3. The van der Waals surface area contributed by atoms with Crippen molar-refractivity contribution in [1.29, 1.82) is 0 Å². The molecule has 0 saturated heterocycles. The number of hydrogen-bond acceptors (Lipinski definition) is 7. The molecule has 2 N–H and O–H groups in total. The minimum absolute atomic E-state index is 0.0432. The van der Waals surface area contributed by atoms with E-state index in [1.54, 1.807) is 18.5 Å². The molecule has 0 unspecified atom stereocenters. The first kappa shape index (κ1) is 21.2. The summed E-state index contributed by atoms with van der Waals surface area (Å²) in [5, 5.41) is 1.81. The topological polar surface area (TPSA) is 100 Å². The monoisotopic (exact) mass is 420 g/mol. The van der Waals surface area contributed by atoms with Crippen molar-refractivity contribution in [3.63, 3.8) is 0 Å². The summed E-state index contributed by atoms with van der Waals surface area (Å²) < 4.78 is 11.1. The summed E-state index contributed by atoms with van der Waals surface area (Å²) in [5.41, 5.74) is 9.81. The molecular weight excluding hydrogens is 392 g/mol. The van der Waals surface area contributed by atoms with Crippen LogP contribution in [-0.2, 0) is 16.7 Å². The standard InChI is InChI=1S/C24H28N4O3/c1-6-30-22-19-11-26-16(10-18(19)20(12-27-22)24(4,5)25)9-15-7-8-17-21(28-15)13(2)14(3)31-23(17)29/h7-8,10-14H,6,9,25H2,1-5H3/t13-,14+/m0/s1. The summed E-state index contributed by atoms with van der Waals surface area (Å²) in [5.74, 6) is 0.286. The zero-order chi connectivity index (χ0) is 22.3. The molecule has 7 nitrogen and oxygen atoms in total. The highest BCUT2D eigenvalue weighted by atomic mass is 16.5. The number of esters is 1. The molecule has 4 rings (SSSR count). The molecule has 0 amide bonds. The summed E-state index contributed by atoms with van der Waals surface area (Å²) in [4.78, 5) is 26.0. The molecule has 1 aliphatic heterocycles. The molecule has 7 heteroatoms. The maximum absolute atomic E-state index is 12.2. The second-order valence-electron chi connectivity index (χ2n) is 8.66. The van der Waals surface area contributed by atoms with E-state index in [0.29, 0.717) is 24.5 Å². The van der Waals surface area contributed by atoms with Gasteiger partial charge in [-0.1, -0.05) is 6.92 Å². The molecule has 3 aromatic rings. The van der Waals surface area contributed by atoms with Crippen LogP contribution in [0.5, 0.6) is 5.88 Å². The number of ether oxygens (including phenoxy) is 2. The smallest absolute Gasteiger partial charge is 0.340 e. The quantitative estimate of drug-likeness (QED) is 0.625. The predicted molar refractivity (Wildman–Crippen MR) is 118 cm³/mol. The largest absolute Gasteiger partial charge is 0.477 e. The Balaban J connectivity index is 1.75. The van der Waals surface area contributed by atoms with Gasteiger partial charge in [-0.3, -0.25) is 9.97 Å². The molecule has 0 fully saturated rings. The normalized spacial score (nSPS) is 18.6. The molecule has 31 heavy (non-hydrogen) atoms. The lowest BCUT2D eigenvalue weighted by molar-refractivity contribution is 0.0234. The third kappa shape index (κ3) is 3.97. The highest BCUT2D eigenvalue weighted by molar-refractivity contribution is 5.92. The number of pyridine rings is 3. The number of cyclic esters (lactones) is 1. The Morgan fingerprint density at radius 2 is 1.90 bits per heavy atom. The molecule has 2 atom stereocenters. The molecule has 3 aromatic heterocycles. The van der Waals surface area contributed by atoms with Crippen molar-refractivity contribution in [1.82, 2.24) is 15.0 Å². The molecule has 0 spiro atoms. The molecule has 0 aromatic carbocycles. The second kappa shape index (κ2) is 7.89. The van der Waals surface area contributed by atoms with Crippen LogP contribution >= 0.6 is 0 Å². The molecule has 1 aliphatic rings. The minimum atomic E-state index is -0.565. The molecular formula is C24H28N4O3. The van der Waals surface area contributed by atoms with Gasteiger partial charge in [0.15, 0.2) is 0 Å². The lowest BCUT2D eigenvalue weighted by Gasteiger charge is -2.27. The number of fused-ring (bicyclic) bond motifs is 2. The number of carbonyl (C=O) groups is 1. The zero-order valence-electron chi connectivity index (χ0n) is 18.6. The number of carbonyl (C=O) groups excluding carboxylic acids is 1. The van der Waals surface area contributed by atoms with Crippen LogP contribution in [0.25, 0.3) is 10.8 Å².